The highest BCUT2D eigenvalue weighted by Gasteiger charge is 2.49. The van der Waals surface area contributed by atoms with Gasteiger partial charge in [-0.1, -0.05) is 24.3 Å². The van der Waals surface area contributed by atoms with Crippen LogP contribution in [0.3, 0.4) is 0 Å². The molecule has 2 aliphatic rings. The van der Waals surface area contributed by atoms with Crippen molar-refractivity contribution in [2.45, 2.75) is 12.6 Å². The van der Waals surface area contributed by atoms with Gasteiger partial charge in [0.1, 0.15) is 5.82 Å². The molecule has 4 rings (SSSR count). The zero-order chi connectivity index (χ0) is 20.7. The summed E-state index contributed by atoms with van der Waals surface area (Å²) in [7, 11) is 3.41. The average Bonchev–Trinajstić information content (AvgIpc) is 3.21. The predicted molar refractivity (Wildman–Crippen MR) is 104 cm³/mol. The topological polar surface area (TPSA) is 26.8 Å². The monoisotopic (exact) mass is 403 g/mol. The van der Waals surface area contributed by atoms with Gasteiger partial charge >= 0.3 is 6.03 Å². The van der Waals surface area contributed by atoms with Gasteiger partial charge in [0.05, 0.1) is 6.04 Å². The summed E-state index contributed by atoms with van der Waals surface area (Å²) in [5.74, 6) is -1.68. The molecule has 0 spiro atoms. The first kappa shape index (κ1) is 19.8. The molecule has 4 nitrogen and oxygen atoms in total. The molecule has 3 atom stereocenters. The number of halogens is 3. The highest BCUT2D eigenvalue weighted by Crippen LogP contribution is 2.45. The van der Waals surface area contributed by atoms with Crippen LogP contribution in [0, 0.1) is 29.3 Å². The molecule has 0 aromatic heterocycles. The van der Waals surface area contributed by atoms with E-state index in [1.54, 1.807) is 26.2 Å². The third-order valence-electron chi connectivity index (χ3n) is 5.98. The fourth-order valence-electron chi connectivity index (χ4n) is 4.75. The number of likely N-dealkylation sites (tertiary alicyclic amines) is 2. The Morgan fingerprint density at radius 1 is 1.07 bits per heavy atom. The second kappa shape index (κ2) is 7.71. The second-order valence-corrected chi connectivity index (χ2v) is 8.16. The van der Waals surface area contributed by atoms with Crippen LogP contribution in [0.4, 0.5) is 18.0 Å². The molecule has 0 bridgehead atoms. The van der Waals surface area contributed by atoms with Crippen molar-refractivity contribution in [3.05, 3.63) is 71.0 Å². The number of benzene rings is 2. The van der Waals surface area contributed by atoms with Gasteiger partial charge in [-0.25, -0.2) is 18.0 Å². The fourth-order valence-corrected chi connectivity index (χ4v) is 4.75. The van der Waals surface area contributed by atoms with Crippen molar-refractivity contribution in [1.82, 2.24) is 14.7 Å². The number of carbonyl (C=O) groups excluding carboxylic acids is 1. The molecule has 2 amide bonds. The molecule has 7 heteroatoms. The van der Waals surface area contributed by atoms with Gasteiger partial charge in [-0.05, 0) is 29.7 Å². The molecular formula is C22H24F3N3O. The summed E-state index contributed by atoms with van der Waals surface area (Å²) in [4.78, 5) is 18.2. The van der Waals surface area contributed by atoms with Crippen molar-refractivity contribution < 1.29 is 18.0 Å². The molecule has 2 saturated heterocycles. The van der Waals surface area contributed by atoms with E-state index in [0.717, 1.165) is 11.6 Å². The molecule has 2 heterocycles. The third kappa shape index (κ3) is 3.71. The van der Waals surface area contributed by atoms with E-state index < -0.39 is 11.6 Å². The molecule has 2 aromatic carbocycles. The molecule has 0 radical (unpaired) electrons. The lowest BCUT2D eigenvalue weighted by atomic mass is 9.89. The number of urea groups is 1. The Bertz CT molecular complexity index is 920. The summed E-state index contributed by atoms with van der Waals surface area (Å²) in [6, 6.07) is 10.3. The van der Waals surface area contributed by atoms with Crippen LogP contribution in [0.25, 0.3) is 0 Å². The van der Waals surface area contributed by atoms with Gasteiger partial charge in [0.15, 0.2) is 11.6 Å². The number of hydrogen-bond donors (Lipinski definition) is 0. The summed E-state index contributed by atoms with van der Waals surface area (Å²) < 4.78 is 41.5. The first-order chi connectivity index (χ1) is 13.8. The van der Waals surface area contributed by atoms with Crippen LogP contribution in [0.2, 0.25) is 0 Å². The van der Waals surface area contributed by atoms with Crippen molar-refractivity contribution in [1.29, 1.82) is 0 Å². The summed E-state index contributed by atoms with van der Waals surface area (Å²) in [6.07, 6.45) is 0. The minimum Gasteiger partial charge on any atom is -0.331 e. The van der Waals surface area contributed by atoms with Gasteiger partial charge < -0.3 is 9.80 Å². The Morgan fingerprint density at radius 3 is 2.55 bits per heavy atom. The number of carbonyl (C=O) groups is 1. The second-order valence-electron chi connectivity index (χ2n) is 8.16. The van der Waals surface area contributed by atoms with Crippen molar-refractivity contribution in [3.8, 4) is 0 Å². The van der Waals surface area contributed by atoms with Crippen molar-refractivity contribution in [3.63, 3.8) is 0 Å². The van der Waals surface area contributed by atoms with E-state index in [4.69, 9.17) is 0 Å². The van der Waals surface area contributed by atoms with Gasteiger partial charge in [0.25, 0.3) is 0 Å². The Kier molecular flexibility index (Phi) is 5.25. The molecule has 2 aliphatic heterocycles. The van der Waals surface area contributed by atoms with Crippen LogP contribution >= 0.6 is 0 Å². The Labute approximate surface area is 168 Å². The van der Waals surface area contributed by atoms with Gasteiger partial charge in [-0.3, -0.25) is 4.90 Å². The van der Waals surface area contributed by atoms with Crippen molar-refractivity contribution in [2.24, 2.45) is 11.8 Å². The van der Waals surface area contributed by atoms with Gasteiger partial charge in [-0.15, -0.1) is 0 Å². The maximum atomic E-state index is 14.1. The molecule has 0 N–H and O–H groups in total. The zero-order valence-corrected chi connectivity index (χ0v) is 16.5. The Balaban J connectivity index is 1.58. The molecule has 29 heavy (non-hydrogen) atoms. The smallest absolute Gasteiger partial charge is 0.320 e. The molecule has 0 aliphatic carbocycles. The number of rotatable bonds is 3. The number of fused-ring (bicyclic) bond motifs is 1. The Morgan fingerprint density at radius 2 is 1.83 bits per heavy atom. The number of amides is 2. The molecule has 0 unspecified atom stereocenters. The summed E-state index contributed by atoms with van der Waals surface area (Å²) in [6.45, 7) is 2.20. The van der Waals surface area contributed by atoms with Crippen LogP contribution in [0.5, 0.6) is 0 Å². The van der Waals surface area contributed by atoms with E-state index >= 15 is 0 Å². The lowest BCUT2D eigenvalue weighted by molar-refractivity contribution is 0.151. The Hall–Kier alpha value is -2.54. The largest absolute Gasteiger partial charge is 0.331 e. The number of nitrogens with zero attached hydrogens (tertiary/aromatic N) is 3. The van der Waals surface area contributed by atoms with Gasteiger partial charge in [-0.2, -0.15) is 0 Å². The van der Waals surface area contributed by atoms with E-state index in [1.807, 2.05) is 11.0 Å². The van der Waals surface area contributed by atoms with Crippen LogP contribution in [0.15, 0.2) is 42.5 Å². The molecule has 2 fully saturated rings. The van der Waals surface area contributed by atoms with Crippen LogP contribution in [-0.2, 0) is 6.54 Å². The highest BCUT2D eigenvalue weighted by molar-refractivity contribution is 5.75. The maximum absolute atomic E-state index is 14.1. The SMILES string of the molecule is CN(C)C(=O)N1C[C@H]2CN(Cc3cccc(F)c3F)C[C@H]2[C@H]1c1cccc(F)c1. The summed E-state index contributed by atoms with van der Waals surface area (Å²) in [5.41, 5.74) is 1.10. The average molecular weight is 403 g/mol. The fraction of sp³-hybridized carbons (Fsp3) is 0.409. The zero-order valence-electron chi connectivity index (χ0n) is 16.5. The lowest BCUT2D eigenvalue weighted by Crippen LogP contribution is -2.41. The number of hydrogen-bond acceptors (Lipinski definition) is 2. The van der Waals surface area contributed by atoms with Crippen molar-refractivity contribution in [2.75, 3.05) is 33.7 Å². The minimum atomic E-state index is -0.845. The quantitative estimate of drug-likeness (QED) is 0.778. The van der Waals surface area contributed by atoms with Crippen LogP contribution in [0.1, 0.15) is 17.2 Å². The predicted octanol–water partition coefficient (Wildman–Crippen LogP) is 3.89. The van der Waals surface area contributed by atoms with Crippen LogP contribution < -0.4 is 0 Å². The first-order valence-corrected chi connectivity index (χ1v) is 9.73. The lowest BCUT2D eigenvalue weighted by Gasteiger charge is -2.32. The normalized spacial score (nSPS) is 24.0. The van der Waals surface area contributed by atoms with E-state index in [9.17, 15) is 18.0 Å². The molecular weight excluding hydrogens is 379 g/mol. The standard InChI is InChI=1S/C22H24F3N3O/c1-26(2)22(29)28-12-16-11-27(10-15-6-4-8-19(24)20(15)25)13-18(16)21(28)14-5-3-7-17(23)9-14/h3-9,16,18,21H,10-13H2,1-2H3/t16-,18-,21-/m1/s1. The van der Waals surface area contributed by atoms with E-state index in [1.165, 1.54) is 23.1 Å². The maximum Gasteiger partial charge on any atom is 0.320 e. The van der Waals surface area contributed by atoms with E-state index in [2.05, 4.69) is 4.90 Å². The minimum absolute atomic E-state index is 0.101. The van der Waals surface area contributed by atoms with Gasteiger partial charge in [0.2, 0.25) is 0 Å². The summed E-state index contributed by atoms with van der Waals surface area (Å²) in [5, 5.41) is 0. The van der Waals surface area contributed by atoms with Crippen LogP contribution in [-0.4, -0.2) is 54.5 Å². The van der Waals surface area contributed by atoms with Crippen molar-refractivity contribution >= 4 is 6.03 Å². The highest BCUT2D eigenvalue weighted by atomic mass is 19.2. The van der Waals surface area contributed by atoms with E-state index in [0.29, 0.717) is 31.7 Å². The molecule has 0 saturated carbocycles. The van der Waals surface area contributed by atoms with Gasteiger partial charge in [0, 0.05) is 51.8 Å². The molecule has 154 valence electrons. The molecule has 2 aromatic rings. The third-order valence-corrected chi connectivity index (χ3v) is 5.98. The van der Waals surface area contributed by atoms with E-state index in [-0.39, 0.29) is 29.7 Å². The first-order valence-electron chi connectivity index (χ1n) is 9.73. The summed E-state index contributed by atoms with van der Waals surface area (Å²) >= 11 is 0.